The molecule has 2 aromatic carbocycles. The van der Waals surface area contributed by atoms with Crippen LogP contribution in [0.4, 0.5) is 5.69 Å². The number of fused-ring (bicyclic) bond motifs is 1. The number of aromatic nitrogens is 3. The molecule has 0 bridgehead atoms. The average molecular weight is 453 g/mol. The number of halogens is 1. The van der Waals surface area contributed by atoms with Gasteiger partial charge in [0.2, 0.25) is 0 Å². The van der Waals surface area contributed by atoms with Crippen LogP contribution < -0.4 is 5.32 Å². The van der Waals surface area contributed by atoms with Crippen molar-refractivity contribution in [2.45, 2.75) is 16.7 Å². The number of rotatable bonds is 6. The fourth-order valence-electron chi connectivity index (χ4n) is 2.91. The summed E-state index contributed by atoms with van der Waals surface area (Å²) in [5, 5.41) is 7.68. The molecular weight excluding hydrogens is 436 g/mol. The third-order valence-corrected chi connectivity index (χ3v) is 5.65. The van der Waals surface area contributed by atoms with Crippen LogP contribution in [0.1, 0.15) is 16.1 Å². The number of aryl methyl sites for hydroxylation is 1. The zero-order valence-electron chi connectivity index (χ0n) is 16.4. The Hall–Kier alpha value is -3.36. The standard InChI is InChI=1S/C22H17ClN4O3S/c1-14-20(21-24-11-4-12-27(21)26-14)22(29)30-13-19(28)25-17-5-2-3-6-18(17)31-16-9-7-15(23)8-10-16/h2-12H,13H2,1H3,(H,25,28). The lowest BCUT2D eigenvalue weighted by molar-refractivity contribution is -0.119. The highest BCUT2D eigenvalue weighted by Gasteiger charge is 2.20. The number of carbonyl (C=O) groups is 2. The van der Waals surface area contributed by atoms with Crippen molar-refractivity contribution in [1.29, 1.82) is 0 Å². The molecule has 1 N–H and O–H groups in total. The van der Waals surface area contributed by atoms with E-state index in [0.29, 0.717) is 22.1 Å². The number of carbonyl (C=O) groups excluding carboxylic acids is 2. The molecule has 0 saturated heterocycles. The van der Waals surface area contributed by atoms with Crippen molar-refractivity contribution in [3.05, 3.63) is 83.3 Å². The Balaban J connectivity index is 1.42. The predicted molar refractivity (Wildman–Crippen MR) is 119 cm³/mol. The molecule has 0 aliphatic carbocycles. The lowest BCUT2D eigenvalue weighted by Crippen LogP contribution is -2.21. The fourth-order valence-corrected chi connectivity index (χ4v) is 3.94. The number of nitrogens with one attached hydrogen (secondary N) is 1. The molecule has 7 nitrogen and oxygen atoms in total. The van der Waals surface area contributed by atoms with Gasteiger partial charge in [-0.3, -0.25) is 4.79 Å². The van der Waals surface area contributed by atoms with E-state index in [1.165, 1.54) is 16.3 Å². The molecule has 0 atom stereocenters. The molecular formula is C22H17ClN4O3S. The minimum absolute atomic E-state index is 0.243. The molecule has 0 fully saturated rings. The van der Waals surface area contributed by atoms with Crippen LogP contribution in [0.3, 0.4) is 0 Å². The molecule has 0 radical (unpaired) electrons. The molecule has 1 amide bonds. The Morgan fingerprint density at radius 2 is 1.90 bits per heavy atom. The number of esters is 1. The van der Waals surface area contributed by atoms with Gasteiger partial charge in [0, 0.05) is 27.2 Å². The minimum Gasteiger partial charge on any atom is -0.452 e. The molecule has 0 saturated carbocycles. The number of amides is 1. The SMILES string of the molecule is Cc1nn2cccnc2c1C(=O)OCC(=O)Nc1ccccc1Sc1ccc(Cl)cc1. The summed E-state index contributed by atoms with van der Waals surface area (Å²) < 4.78 is 6.71. The summed E-state index contributed by atoms with van der Waals surface area (Å²) in [7, 11) is 0. The van der Waals surface area contributed by atoms with Crippen molar-refractivity contribution in [1.82, 2.24) is 14.6 Å². The third kappa shape index (κ3) is 4.87. The predicted octanol–water partition coefficient (Wildman–Crippen LogP) is 4.64. The van der Waals surface area contributed by atoms with Crippen molar-refractivity contribution in [2.24, 2.45) is 0 Å². The first kappa shape index (κ1) is 20.9. The summed E-state index contributed by atoms with van der Waals surface area (Å²) in [6.07, 6.45) is 3.25. The Morgan fingerprint density at radius 3 is 2.71 bits per heavy atom. The van der Waals surface area contributed by atoms with Crippen molar-refractivity contribution < 1.29 is 14.3 Å². The zero-order valence-corrected chi connectivity index (χ0v) is 18.0. The molecule has 31 heavy (non-hydrogen) atoms. The van der Waals surface area contributed by atoms with Gasteiger partial charge in [-0.25, -0.2) is 14.3 Å². The fraction of sp³-hybridized carbons (Fsp3) is 0.0909. The molecule has 2 aromatic heterocycles. The summed E-state index contributed by atoms with van der Waals surface area (Å²) in [6, 6.07) is 16.5. The topological polar surface area (TPSA) is 85.6 Å². The third-order valence-electron chi connectivity index (χ3n) is 4.31. The van der Waals surface area contributed by atoms with Crippen LogP contribution in [-0.4, -0.2) is 33.1 Å². The van der Waals surface area contributed by atoms with Crippen LogP contribution in [0, 0.1) is 6.92 Å². The van der Waals surface area contributed by atoms with Gasteiger partial charge >= 0.3 is 5.97 Å². The van der Waals surface area contributed by atoms with E-state index in [1.807, 2.05) is 42.5 Å². The van der Waals surface area contributed by atoms with E-state index in [4.69, 9.17) is 16.3 Å². The van der Waals surface area contributed by atoms with E-state index in [1.54, 1.807) is 31.5 Å². The Kier molecular flexibility index (Phi) is 6.20. The van der Waals surface area contributed by atoms with Crippen molar-refractivity contribution in [2.75, 3.05) is 11.9 Å². The Morgan fingerprint density at radius 1 is 1.13 bits per heavy atom. The maximum absolute atomic E-state index is 12.5. The van der Waals surface area contributed by atoms with Crippen LogP contribution in [-0.2, 0) is 9.53 Å². The molecule has 0 aliphatic rings. The summed E-state index contributed by atoms with van der Waals surface area (Å²) >= 11 is 7.43. The average Bonchev–Trinajstić information content (AvgIpc) is 3.11. The number of nitrogens with zero attached hydrogens (tertiary/aromatic N) is 3. The van der Waals surface area contributed by atoms with Crippen LogP contribution in [0.25, 0.3) is 5.65 Å². The van der Waals surface area contributed by atoms with Gasteiger partial charge in [-0.1, -0.05) is 35.5 Å². The summed E-state index contributed by atoms with van der Waals surface area (Å²) in [5.41, 5.74) is 1.73. The number of ether oxygens (including phenoxy) is 1. The van der Waals surface area contributed by atoms with Crippen molar-refractivity contribution in [3.8, 4) is 0 Å². The highest BCUT2D eigenvalue weighted by molar-refractivity contribution is 7.99. The van der Waals surface area contributed by atoms with Crippen LogP contribution in [0.5, 0.6) is 0 Å². The highest BCUT2D eigenvalue weighted by atomic mass is 35.5. The second-order valence-electron chi connectivity index (χ2n) is 6.52. The van der Waals surface area contributed by atoms with E-state index in [-0.39, 0.29) is 5.56 Å². The van der Waals surface area contributed by atoms with Gasteiger partial charge in [0.1, 0.15) is 5.56 Å². The molecule has 2 heterocycles. The van der Waals surface area contributed by atoms with Crippen LogP contribution >= 0.6 is 23.4 Å². The van der Waals surface area contributed by atoms with Gasteiger partial charge in [-0.15, -0.1) is 0 Å². The lowest BCUT2D eigenvalue weighted by atomic mass is 10.2. The number of hydrogen-bond acceptors (Lipinski definition) is 6. The molecule has 0 unspecified atom stereocenters. The Labute approximate surface area is 187 Å². The van der Waals surface area contributed by atoms with Gasteiger partial charge in [-0.2, -0.15) is 5.10 Å². The monoisotopic (exact) mass is 452 g/mol. The van der Waals surface area contributed by atoms with E-state index in [2.05, 4.69) is 15.4 Å². The summed E-state index contributed by atoms with van der Waals surface area (Å²) in [5.74, 6) is -1.09. The van der Waals surface area contributed by atoms with Crippen LogP contribution in [0.2, 0.25) is 5.02 Å². The lowest BCUT2D eigenvalue weighted by Gasteiger charge is -2.11. The number of hydrogen-bond donors (Lipinski definition) is 1. The second kappa shape index (κ2) is 9.20. The minimum atomic E-state index is -0.648. The molecule has 9 heteroatoms. The quantitative estimate of drug-likeness (QED) is 0.429. The first-order valence-electron chi connectivity index (χ1n) is 9.30. The van der Waals surface area contributed by atoms with E-state index >= 15 is 0 Å². The van der Waals surface area contributed by atoms with E-state index in [9.17, 15) is 9.59 Å². The molecule has 4 rings (SSSR count). The number of benzene rings is 2. The van der Waals surface area contributed by atoms with Crippen molar-refractivity contribution in [3.63, 3.8) is 0 Å². The molecule has 156 valence electrons. The first-order valence-corrected chi connectivity index (χ1v) is 10.5. The zero-order chi connectivity index (χ0) is 21.8. The van der Waals surface area contributed by atoms with Gasteiger partial charge in [0.25, 0.3) is 5.91 Å². The first-order chi connectivity index (χ1) is 15.0. The van der Waals surface area contributed by atoms with Gasteiger partial charge in [-0.05, 0) is 49.4 Å². The summed E-state index contributed by atoms with van der Waals surface area (Å²) in [6.45, 7) is 1.26. The van der Waals surface area contributed by atoms with E-state index in [0.717, 1.165) is 9.79 Å². The molecule has 0 spiro atoms. The molecule has 0 aliphatic heterocycles. The largest absolute Gasteiger partial charge is 0.452 e. The maximum atomic E-state index is 12.5. The summed E-state index contributed by atoms with van der Waals surface area (Å²) in [4.78, 5) is 31.0. The van der Waals surface area contributed by atoms with Gasteiger partial charge in [0.15, 0.2) is 12.3 Å². The van der Waals surface area contributed by atoms with Gasteiger partial charge < -0.3 is 10.1 Å². The highest BCUT2D eigenvalue weighted by Crippen LogP contribution is 2.33. The van der Waals surface area contributed by atoms with Gasteiger partial charge in [0.05, 0.1) is 11.4 Å². The van der Waals surface area contributed by atoms with E-state index < -0.39 is 18.5 Å². The number of para-hydroxylation sites is 1. The number of anilines is 1. The maximum Gasteiger partial charge on any atom is 0.344 e. The second-order valence-corrected chi connectivity index (χ2v) is 8.08. The smallest absolute Gasteiger partial charge is 0.344 e. The normalized spacial score (nSPS) is 10.8. The molecule has 4 aromatic rings. The van der Waals surface area contributed by atoms with Crippen LogP contribution in [0.15, 0.2) is 76.8 Å². The van der Waals surface area contributed by atoms with Crippen molar-refractivity contribution >= 4 is 46.6 Å². The Bertz CT molecular complexity index is 1260.